The number of hydrogen-bond donors (Lipinski definition) is 2. The van der Waals surface area contributed by atoms with Crippen LogP contribution < -0.4 is 5.32 Å². The van der Waals surface area contributed by atoms with E-state index in [9.17, 15) is 8.42 Å². The maximum absolute atomic E-state index is 10.3. The van der Waals surface area contributed by atoms with Crippen LogP contribution in [-0.4, -0.2) is 27.3 Å². The molecule has 1 heterocycles. The number of nitrogens with one attached hydrogen (secondary N) is 1. The summed E-state index contributed by atoms with van der Waals surface area (Å²) >= 11 is 0. The van der Waals surface area contributed by atoms with Gasteiger partial charge in [-0.05, 0) is 44.7 Å². The van der Waals surface area contributed by atoms with Crippen molar-refractivity contribution in [1.82, 2.24) is 5.32 Å². The fourth-order valence-corrected chi connectivity index (χ4v) is 2.12. The van der Waals surface area contributed by atoms with Gasteiger partial charge in [-0.2, -0.15) is 0 Å². The van der Waals surface area contributed by atoms with Gasteiger partial charge in [-0.25, -0.2) is 8.42 Å². The van der Waals surface area contributed by atoms with Gasteiger partial charge in [-0.15, -0.1) is 0 Å². The molecule has 0 aromatic heterocycles. The summed E-state index contributed by atoms with van der Waals surface area (Å²) < 4.78 is 20.5. The van der Waals surface area contributed by atoms with Crippen LogP contribution >= 0.6 is 0 Å². The fourth-order valence-electron chi connectivity index (χ4n) is 1.68. The molecule has 1 N–H and O–H groups in total. The summed E-state index contributed by atoms with van der Waals surface area (Å²) in [5, 5.41) is 3.32. The third-order valence-electron chi connectivity index (χ3n) is 2.35. The minimum absolute atomic E-state index is 0.367. The first-order chi connectivity index (χ1) is 5.79. The van der Waals surface area contributed by atoms with Crippen molar-refractivity contribution in [1.29, 1.82) is 0 Å². The van der Waals surface area contributed by atoms with Crippen LogP contribution in [0.25, 0.3) is 0 Å². The molecule has 12 heavy (non-hydrogen) atoms. The lowest BCUT2D eigenvalue weighted by atomic mass is 9.95. The standard InChI is InChI=1S/C8H17NO2S/c10-12(11)6-2-4-8-3-1-5-9-7-8/h8-9,12H,1-7H2. The van der Waals surface area contributed by atoms with Crippen LogP contribution in [0.2, 0.25) is 0 Å². The predicted octanol–water partition coefficient (Wildman–Crippen LogP) is 0.378. The van der Waals surface area contributed by atoms with E-state index in [1.54, 1.807) is 0 Å². The number of piperidine rings is 1. The number of rotatable bonds is 4. The molecule has 0 saturated carbocycles. The smallest absolute Gasteiger partial charge is 0.140 e. The van der Waals surface area contributed by atoms with Crippen LogP contribution in [0, 0.1) is 5.92 Å². The predicted molar refractivity (Wildman–Crippen MR) is 50.0 cm³/mol. The maximum atomic E-state index is 10.3. The minimum Gasteiger partial charge on any atom is -0.316 e. The Labute approximate surface area is 75.5 Å². The molecule has 1 rings (SSSR count). The van der Waals surface area contributed by atoms with Gasteiger partial charge in [-0.1, -0.05) is 0 Å². The second kappa shape index (κ2) is 5.54. The van der Waals surface area contributed by atoms with Gasteiger partial charge in [0.2, 0.25) is 0 Å². The molecule has 1 atom stereocenters. The first kappa shape index (κ1) is 9.99. The van der Waals surface area contributed by atoms with Crippen molar-refractivity contribution in [2.75, 3.05) is 18.8 Å². The van der Waals surface area contributed by atoms with Crippen LogP contribution in [-0.2, 0) is 10.7 Å². The van der Waals surface area contributed by atoms with Gasteiger partial charge in [-0.3, -0.25) is 0 Å². The summed E-state index contributed by atoms with van der Waals surface area (Å²) in [5.74, 6) is 1.08. The molecule has 72 valence electrons. The van der Waals surface area contributed by atoms with Crippen LogP contribution in [0.4, 0.5) is 0 Å². The normalized spacial score (nSPS) is 24.6. The fraction of sp³-hybridized carbons (Fsp3) is 1.00. The minimum atomic E-state index is -2.15. The zero-order valence-electron chi connectivity index (χ0n) is 7.29. The summed E-state index contributed by atoms with van der Waals surface area (Å²) in [6.07, 6.45) is 4.41. The zero-order chi connectivity index (χ0) is 8.81. The highest BCUT2D eigenvalue weighted by Crippen LogP contribution is 2.15. The molecule has 1 saturated heterocycles. The molecule has 1 unspecified atom stereocenters. The molecule has 1 aliphatic heterocycles. The molecule has 0 amide bonds. The van der Waals surface area contributed by atoms with Crippen molar-refractivity contribution in [3.8, 4) is 0 Å². The van der Waals surface area contributed by atoms with E-state index in [0.717, 1.165) is 25.9 Å². The van der Waals surface area contributed by atoms with Crippen molar-refractivity contribution in [2.45, 2.75) is 25.7 Å². The number of hydrogen-bond acceptors (Lipinski definition) is 3. The van der Waals surface area contributed by atoms with E-state index < -0.39 is 10.7 Å². The van der Waals surface area contributed by atoms with Gasteiger partial charge >= 0.3 is 0 Å². The first-order valence-electron chi connectivity index (χ1n) is 4.61. The molecule has 0 aromatic rings. The van der Waals surface area contributed by atoms with E-state index in [4.69, 9.17) is 0 Å². The zero-order valence-corrected chi connectivity index (χ0v) is 8.19. The van der Waals surface area contributed by atoms with Crippen LogP contribution in [0.15, 0.2) is 0 Å². The summed E-state index contributed by atoms with van der Waals surface area (Å²) in [7, 11) is -2.15. The van der Waals surface area contributed by atoms with Gasteiger partial charge in [0.15, 0.2) is 0 Å². The third-order valence-corrected chi connectivity index (χ3v) is 3.03. The van der Waals surface area contributed by atoms with Crippen molar-refractivity contribution >= 4 is 10.7 Å². The molecule has 0 radical (unpaired) electrons. The first-order valence-corrected chi connectivity index (χ1v) is 5.98. The van der Waals surface area contributed by atoms with Crippen LogP contribution in [0.5, 0.6) is 0 Å². The molecular weight excluding hydrogens is 174 g/mol. The Hall–Kier alpha value is -0.0900. The Morgan fingerprint density at radius 2 is 2.25 bits per heavy atom. The Bertz CT molecular complexity index is 177. The third kappa shape index (κ3) is 4.07. The van der Waals surface area contributed by atoms with Crippen molar-refractivity contribution in [3.05, 3.63) is 0 Å². The quantitative estimate of drug-likeness (QED) is 0.631. The molecule has 3 nitrogen and oxygen atoms in total. The maximum Gasteiger partial charge on any atom is 0.140 e. The summed E-state index contributed by atoms with van der Waals surface area (Å²) in [5.41, 5.74) is 0. The lowest BCUT2D eigenvalue weighted by Gasteiger charge is -2.21. The Balaban J connectivity index is 2.05. The van der Waals surface area contributed by atoms with Crippen molar-refractivity contribution in [3.63, 3.8) is 0 Å². The Morgan fingerprint density at radius 3 is 2.83 bits per heavy atom. The van der Waals surface area contributed by atoms with E-state index in [2.05, 4.69) is 5.32 Å². The Kier molecular flexibility index (Phi) is 4.61. The van der Waals surface area contributed by atoms with E-state index in [0.29, 0.717) is 11.7 Å². The average Bonchev–Trinajstić information content (AvgIpc) is 2.05. The lowest BCUT2D eigenvalue weighted by molar-refractivity contribution is 0.355. The molecule has 0 bridgehead atoms. The van der Waals surface area contributed by atoms with Gasteiger partial charge < -0.3 is 5.32 Å². The molecule has 4 heteroatoms. The van der Waals surface area contributed by atoms with Gasteiger partial charge in [0, 0.05) is 5.75 Å². The lowest BCUT2D eigenvalue weighted by Crippen LogP contribution is -2.29. The van der Waals surface area contributed by atoms with Crippen LogP contribution in [0.1, 0.15) is 25.7 Å². The molecular formula is C8H17NO2S. The van der Waals surface area contributed by atoms with E-state index in [1.165, 1.54) is 12.8 Å². The highest BCUT2D eigenvalue weighted by atomic mass is 32.2. The van der Waals surface area contributed by atoms with Crippen molar-refractivity contribution in [2.24, 2.45) is 5.92 Å². The molecule has 0 aliphatic carbocycles. The monoisotopic (exact) mass is 191 g/mol. The highest BCUT2D eigenvalue weighted by molar-refractivity contribution is 7.72. The van der Waals surface area contributed by atoms with E-state index >= 15 is 0 Å². The highest BCUT2D eigenvalue weighted by Gasteiger charge is 2.11. The second-order valence-electron chi connectivity index (χ2n) is 3.41. The average molecular weight is 191 g/mol. The molecule has 0 aromatic carbocycles. The van der Waals surface area contributed by atoms with Crippen molar-refractivity contribution < 1.29 is 8.42 Å². The topological polar surface area (TPSA) is 46.2 Å². The van der Waals surface area contributed by atoms with E-state index in [1.807, 2.05) is 0 Å². The SMILES string of the molecule is O=[SH](=O)CCCC1CCCNC1. The molecule has 1 aliphatic rings. The van der Waals surface area contributed by atoms with Gasteiger partial charge in [0.05, 0.1) is 0 Å². The molecule has 0 spiro atoms. The largest absolute Gasteiger partial charge is 0.316 e. The van der Waals surface area contributed by atoms with Gasteiger partial charge in [0.25, 0.3) is 0 Å². The second-order valence-corrected chi connectivity index (χ2v) is 4.52. The summed E-state index contributed by atoms with van der Waals surface area (Å²) in [6.45, 7) is 2.21. The summed E-state index contributed by atoms with van der Waals surface area (Å²) in [6, 6.07) is 0. The van der Waals surface area contributed by atoms with Crippen LogP contribution in [0.3, 0.4) is 0 Å². The summed E-state index contributed by atoms with van der Waals surface area (Å²) in [4.78, 5) is 0. The number of thiol groups is 1. The van der Waals surface area contributed by atoms with Gasteiger partial charge in [0.1, 0.15) is 10.7 Å². The Morgan fingerprint density at radius 1 is 1.42 bits per heavy atom. The van der Waals surface area contributed by atoms with E-state index in [-0.39, 0.29) is 0 Å². The molecule has 1 fully saturated rings.